The van der Waals surface area contributed by atoms with Crippen molar-refractivity contribution in [1.82, 2.24) is 0 Å². The number of carbonyl (C=O) groups is 1. The maximum atomic E-state index is 12.2. The Labute approximate surface area is 69.7 Å². The van der Waals surface area contributed by atoms with Gasteiger partial charge in [-0.05, 0) is 0 Å². The number of rotatable bonds is 2. The molecule has 0 aliphatic rings. The summed E-state index contributed by atoms with van der Waals surface area (Å²) in [6, 6.07) is 0. The molecule has 0 amide bonds. The van der Waals surface area contributed by atoms with Gasteiger partial charge in [-0.3, -0.25) is 0 Å². The molecule has 0 heterocycles. The van der Waals surface area contributed by atoms with Gasteiger partial charge >= 0.3 is 15.7 Å². The van der Waals surface area contributed by atoms with Crippen molar-refractivity contribution in [2.75, 3.05) is 0 Å². The number of carboxylic acid groups (broad SMARTS) is 1. The van der Waals surface area contributed by atoms with E-state index in [1.54, 1.807) is 0 Å². The Balaban J connectivity index is 4.57. The summed E-state index contributed by atoms with van der Waals surface area (Å²) in [5.41, 5.74) is 0. The van der Waals surface area contributed by atoms with E-state index in [2.05, 4.69) is 34.8 Å². The Morgan fingerprint density at radius 1 is 1.30 bits per heavy atom. The third-order valence-corrected chi connectivity index (χ3v) is 1.76. The molecule has 0 radical (unpaired) electrons. The van der Waals surface area contributed by atoms with Crippen molar-refractivity contribution in [1.29, 1.82) is 0 Å². The van der Waals surface area contributed by atoms with Crippen molar-refractivity contribution in [2.45, 2.75) is 9.72 Å². The molecule has 0 aromatic carbocycles. The fourth-order valence-electron chi connectivity index (χ4n) is 0.121. The van der Waals surface area contributed by atoms with Gasteiger partial charge in [0.05, 0.1) is 0 Å². The lowest BCUT2D eigenvalue weighted by atomic mass is 10.4. The van der Waals surface area contributed by atoms with E-state index in [0.29, 0.717) is 0 Å². The van der Waals surface area contributed by atoms with Gasteiger partial charge in [0.1, 0.15) is 0 Å². The molecule has 0 spiro atoms. The molecular formula is C3HCl3F2O2. The van der Waals surface area contributed by atoms with Crippen LogP contribution in [0.3, 0.4) is 0 Å². The number of hydrogen-bond acceptors (Lipinski definition) is 1. The van der Waals surface area contributed by atoms with Gasteiger partial charge in [-0.15, -0.1) is 0 Å². The van der Waals surface area contributed by atoms with Crippen LogP contribution >= 0.6 is 34.8 Å². The van der Waals surface area contributed by atoms with Crippen molar-refractivity contribution in [3.8, 4) is 0 Å². The zero-order valence-corrected chi connectivity index (χ0v) is 6.51. The Morgan fingerprint density at radius 3 is 1.60 bits per heavy atom. The Hall–Kier alpha value is 0.200. The normalized spacial score (nSPS) is 18.1. The van der Waals surface area contributed by atoms with Crippen LogP contribution in [0.15, 0.2) is 0 Å². The molecule has 0 aliphatic heterocycles. The second-order valence-electron chi connectivity index (χ2n) is 1.38. The number of aliphatic carboxylic acids is 1. The van der Waals surface area contributed by atoms with Gasteiger partial charge in [0, 0.05) is 0 Å². The van der Waals surface area contributed by atoms with Crippen LogP contribution in [0.2, 0.25) is 0 Å². The third kappa shape index (κ3) is 1.84. The highest BCUT2D eigenvalue weighted by molar-refractivity contribution is 6.54. The molecule has 1 unspecified atom stereocenters. The summed E-state index contributed by atoms with van der Waals surface area (Å²) in [5, 5.41) is 4.05. The lowest BCUT2D eigenvalue weighted by Crippen LogP contribution is -2.41. The molecule has 0 saturated heterocycles. The van der Waals surface area contributed by atoms with Crippen LogP contribution in [0.25, 0.3) is 0 Å². The summed E-state index contributed by atoms with van der Waals surface area (Å²) in [6.45, 7) is 0. The molecular weight excluding hydrogens is 212 g/mol. The molecule has 60 valence electrons. The van der Waals surface area contributed by atoms with Crippen molar-refractivity contribution >= 4 is 40.8 Å². The van der Waals surface area contributed by atoms with E-state index < -0.39 is 15.7 Å². The van der Waals surface area contributed by atoms with Gasteiger partial charge in [0.25, 0.3) is 0 Å². The summed E-state index contributed by atoms with van der Waals surface area (Å²) in [6.07, 6.45) is 0. The first kappa shape index (κ1) is 10.2. The van der Waals surface area contributed by atoms with Gasteiger partial charge in [-0.1, -0.05) is 34.8 Å². The topological polar surface area (TPSA) is 37.3 Å². The molecule has 1 N–H and O–H groups in total. The highest BCUT2D eigenvalue weighted by Gasteiger charge is 2.57. The minimum Gasteiger partial charge on any atom is -0.478 e. The summed E-state index contributed by atoms with van der Waals surface area (Å²) < 4.78 is 20.7. The van der Waals surface area contributed by atoms with Crippen LogP contribution in [-0.4, -0.2) is 20.8 Å². The SMILES string of the molecule is O=C(O)C(F)(Cl)C(F)(Cl)Cl. The molecule has 7 heteroatoms. The van der Waals surface area contributed by atoms with Crippen LogP contribution in [0.4, 0.5) is 8.78 Å². The second kappa shape index (κ2) is 2.68. The molecule has 1 atom stereocenters. The van der Waals surface area contributed by atoms with E-state index in [-0.39, 0.29) is 0 Å². The molecule has 0 saturated carbocycles. The van der Waals surface area contributed by atoms with Gasteiger partial charge < -0.3 is 5.11 Å². The molecule has 0 aromatic rings. The fraction of sp³-hybridized carbons (Fsp3) is 0.667. The lowest BCUT2D eigenvalue weighted by Gasteiger charge is -2.18. The highest BCUT2D eigenvalue weighted by atomic mass is 35.5. The summed E-state index contributed by atoms with van der Waals surface area (Å²) >= 11 is 13.3. The van der Waals surface area contributed by atoms with Gasteiger partial charge in [0.15, 0.2) is 0 Å². The summed E-state index contributed by atoms with van der Waals surface area (Å²) in [7, 11) is 0. The minimum absolute atomic E-state index is 2.28. The quantitative estimate of drug-likeness (QED) is 0.713. The van der Waals surface area contributed by atoms with Gasteiger partial charge in [-0.2, -0.15) is 0 Å². The summed E-state index contributed by atoms with van der Waals surface area (Å²) in [5.74, 6) is -2.28. The lowest BCUT2D eigenvalue weighted by molar-refractivity contribution is -0.147. The van der Waals surface area contributed by atoms with Crippen LogP contribution in [0.5, 0.6) is 0 Å². The molecule has 0 fully saturated rings. The van der Waals surface area contributed by atoms with Crippen LogP contribution in [0.1, 0.15) is 0 Å². The standard InChI is InChI=1S/C3HCl3F2O2/c4-2(7,1(9)10)3(5,6)8/h(H,9,10). The Bertz CT molecular complexity index is 152. The van der Waals surface area contributed by atoms with E-state index in [1.807, 2.05) is 0 Å². The predicted octanol–water partition coefficient (Wildman–Crippen LogP) is 2.08. The smallest absolute Gasteiger partial charge is 0.363 e. The van der Waals surface area contributed by atoms with Gasteiger partial charge in [0.2, 0.25) is 0 Å². The number of halogens is 5. The predicted molar refractivity (Wildman–Crippen MR) is 32.9 cm³/mol. The van der Waals surface area contributed by atoms with E-state index in [1.165, 1.54) is 0 Å². The van der Waals surface area contributed by atoms with Crippen LogP contribution < -0.4 is 0 Å². The van der Waals surface area contributed by atoms with Crippen molar-refractivity contribution < 1.29 is 18.7 Å². The van der Waals surface area contributed by atoms with E-state index in [9.17, 15) is 13.6 Å². The first-order chi connectivity index (χ1) is 4.19. The van der Waals surface area contributed by atoms with Crippen LogP contribution in [0, 0.1) is 0 Å². The number of carboxylic acids is 1. The maximum absolute atomic E-state index is 12.2. The molecule has 0 bridgehead atoms. The Kier molecular flexibility index (Phi) is 2.73. The molecule has 0 aliphatic carbocycles. The van der Waals surface area contributed by atoms with Crippen molar-refractivity contribution in [3.63, 3.8) is 0 Å². The first-order valence-electron chi connectivity index (χ1n) is 1.87. The molecule has 0 rings (SSSR count). The zero-order valence-electron chi connectivity index (χ0n) is 4.25. The van der Waals surface area contributed by atoms with E-state index in [4.69, 9.17) is 5.11 Å². The monoisotopic (exact) mass is 212 g/mol. The molecule has 2 nitrogen and oxygen atoms in total. The highest BCUT2D eigenvalue weighted by Crippen LogP contribution is 2.41. The molecule has 10 heavy (non-hydrogen) atoms. The third-order valence-electron chi connectivity index (χ3n) is 0.625. The molecule has 0 aromatic heterocycles. The van der Waals surface area contributed by atoms with E-state index in [0.717, 1.165) is 0 Å². The largest absolute Gasteiger partial charge is 0.478 e. The Morgan fingerprint density at radius 2 is 1.60 bits per heavy atom. The summed E-state index contributed by atoms with van der Waals surface area (Å²) in [4.78, 5) is 9.75. The van der Waals surface area contributed by atoms with Crippen LogP contribution in [-0.2, 0) is 4.79 Å². The van der Waals surface area contributed by atoms with E-state index >= 15 is 0 Å². The minimum atomic E-state index is -3.81. The van der Waals surface area contributed by atoms with Gasteiger partial charge in [-0.25, -0.2) is 13.6 Å². The maximum Gasteiger partial charge on any atom is 0.363 e. The second-order valence-corrected chi connectivity index (χ2v) is 3.13. The number of alkyl halides is 5. The van der Waals surface area contributed by atoms with Crippen molar-refractivity contribution in [3.05, 3.63) is 0 Å². The number of hydrogen-bond donors (Lipinski definition) is 1. The average Bonchev–Trinajstić information content (AvgIpc) is 1.62. The fourth-order valence-corrected chi connectivity index (χ4v) is 0.283. The first-order valence-corrected chi connectivity index (χ1v) is 3.01. The average molecular weight is 213 g/mol. The van der Waals surface area contributed by atoms with Crippen molar-refractivity contribution in [2.24, 2.45) is 0 Å². The zero-order chi connectivity index (χ0) is 8.58.